The van der Waals surface area contributed by atoms with E-state index in [-0.39, 0.29) is 18.9 Å². The van der Waals surface area contributed by atoms with E-state index in [2.05, 4.69) is 60.8 Å². The normalized spacial score (nSPS) is 33.4. The summed E-state index contributed by atoms with van der Waals surface area (Å²) in [7, 11) is 0. The first-order valence-electron chi connectivity index (χ1n) is 25.0. The van der Waals surface area contributed by atoms with Crippen molar-refractivity contribution < 1.29 is 89.4 Å². The number of unbranched alkanes of at least 4 members (excludes halogenated alkanes) is 9. The van der Waals surface area contributed by atoms with Crippen LogP contribution in [0.1, 0.15) is 117 Å². The van der Waals surface area contributed by atoms with Gasteiger partial charge in [0.05, 0.1) is 38.6 Å². The van der Waals surface area contributed by atoms with Gasteiger partial charge in [0.25, 0.3) is 0 Å². The number of hydrogen-bond acceptors (Lipinski definition) is 18. The van der Waals surface area contributed by atoms with Crippen LogP contribution in [-0.2, 0) is 33.2 Å². The van der Waals surface area contributed by atoms with Crippen LogP contribution in [0.25, 0.3) is 0 Å². The van der Waals surface area contributed by atoms with Crippen LogP contribution in [0.5, 0.6) is 0 Å². The topological polar surface area (TPSA) is 307 Å². The third-order valence-electron chi connectivity index (χ3n) is 12.3. The molecule has 69 heavy (non-hydrogen) atoms. The van der Waals surface area contributed by atoms with Gasteiger partial charge in [-0.05, 0) is 51.4 Å². The van der Waals surface area contributed by atoms with Gasteiger partial charge in [-0.25, -0.2) is 0 Å². The lowest BCUT2D eigenvalue weighted by Gasteiger charge is -2.48. The average Bonchev–Trinajstić information content (AvgIpc) is 3.34. The molecule has 3 aliphatic heterocycles. The zero-order valence-corrected chi connectivity index (χ0v) is 40.5. The SMILES string of the molecule is CC/C=C\C/C=C\C/C=C\C/C=C\CCCCCCCCCCC(=O)NC(COC1OC(CO)C(OC2OC(CO)C(OC3OC(CO)C(O)C(O)C3O)C(O)C2O)C(O)C1O)C(O)/C=C/CCC. The molecule has 17 atom stereocenters. The predicted molar refractivity (Wildman–Crippen MR) is 254 cm³/mol. The lowest BCUT2D eigenvalue weighted by Crippen LogP contribution is -2.66. The molecule has 3 aliphatic rings. The number of rotatable bonds is 33. The summed E-state index contributed by atoms with van der Waals surface area (Å²) < 4.78 is 33.8. The summed E-state index contributed by atoms with van der Waals surface area (Å²) in [6, 6.07) is -0.974. The van der Waals surface area contributed by atoms with Crippen LogP contribution >= 0.6 is 0 Å². The van der Waals surface area contributed by atoms with Crippen LogP contribution in [-0.4, -0.2) is 193 Å². The molecule has 3 fully saturated rings. The van der Waals surface area contributed by atoms with Gasteiger partial charge in [-0.3, -0.25) is 4.79 Å². The van der Waals surface area contributed by atoms with Crippen molar-refractivity contribution in [2.24, 2.45) is 0 Å². The second kappa shape index (κ2) is 34.8. The van der Waals surface area contributed by atoms with Crippen LogP contribution in [0.15, 0.2) is 60.8 Å². The molecule has 0 radical (unpaired) electrons. The molecule has 0 saturated carbocycles. The number of amides is 1. The molecule has 3 saturated heterocycles. The Labute approximate surface area is 407 Å². The molecule has 0 aliphatic carbocycles. The summed E-state index contributed by atoms with van der Waals surface area (Å²) in [4.78, 5) is 13.1. The molecule has 17 unspecified atom stereocenters. The summed E-state index contributed by atoms with van der Waals surface area (Å²) >= 11 is 0. The largest absolute Gasteiger partial charge is 0.394 e. The second-order valence-corrected chi connectivity index (χ2v) is 17.9. The molecule has 19 nitrogen and oxygen atoms in total. The van der Waals surface area contributed by atoms with Gasteiger partial charge in [-0.1, -0.05) is 120 Å². The van der Waals surface area contributed by atoms with Gasteiger partial charge in [-0.2, -0.15) is 0 Å². The maximum absolute atomic E-state index is 13.1. The van der Waals surface area contributed by atoms with E-state index < -0.39 is 124 Å². The fourth-order valence-electron chi connectivity index (χ4n) is 8.13. The van der Waals surface area contributed by atoms with Gasteiger partial charge < -0.3 is 89.9 Å². The predicted octanol–water partition coefficient (Wildman–Crippen LogP) is 1.36. The Hall–Kier alpha value is -2.51. The van der Waals surface area contributed by atoms with Crippen molar-refractivity contribution in [1.29, 1.82) is 0 Å². The standard InChI is InChI=1S/C50H85NO18/c1-3-5-7-8-9-10-11-12-13-14-15-16-17-18-19-20-21-22-23-24-26-28-38(56)51-33(34(55)27-25-6-4-2)32-64-48-44(62)41(59)46(36(30-53)66-48)69-50-45(63)42(60)47(37(31-54)67-50)68-49-43(61)40(58)39(57)35(29-52)65-49/h5,7,9-10,12-13,15-16,25,27,33-37,39-50,52-55,57-63H,3-4,6,8,11,14,17-24,26,28-32H2,1-2H3,(H,51,56)/b7-5-,10-9-,13-12-,16-15-,27-25+. The van der Waals surface area contributed by atoms with E-state index in [1.807, 2.05) is 6.92 Å². The van der Waals surface area contributed by atoms with Crippen molar-refractivity contribution in [2.75, 3.05) is 26.4 Å². The number of hydrogen-bond donors (Lipinski definition) is 12. The van der Waals surface area contributed by atoms with Crippen molar-refractivity contribution in [2.45, 2.75) is 221 Å². The van der Waals surface area contributed by atoms with Crippen LogP contribution in [0.3, 0.4) is 0 Å². The van der Waals surface area contributed by atoms with Gasteiger partial charge in [0.2, 0.25) is 5.91 Å². The Balaban J connectivity index is 1.43. The maximum atomic E-state index is 13.1. The van der Waals surface area contributed by atoms with Crippen LogP contribution in [0, 0.1) is 0 Å². The smallest absolute Gasteiger partial charge is 0.220 e. The number of allylic oxidation sites excluding steroid dienone is 9. The number of carbonyl (C=O) groups excluding carboxylic acids is 1. The van der Waals surface area contributed by atoms with Crippen LogP contribution < -0.4 is 5.32 Å². The monoisotopic (exact) mass is 988 g/mol. The van der Waals surface area contributed by atoms with Gasteiger partial charge in [0.1, 0.15) is 73.2 Å². The Morgan fingerprint density at radius 3 is 1.54 bits per heavy atom. The molecule has 0 bridgehead atoms. The quantitative estimate of drug-likeness (QED) is 0.0326. The first kappa shape index (κ1) is 60.8. The highest BCUT2D eigenvalue weighted by molar-refractivity contribution is 5.76. The van der Waals surface area contributed by atoms with Crippen molar-refractivity contribution in [3.05, 3.63) is 60.8 Å². The number of aliphatic hydroxyl groups excluding tert-OH is 11. The number of nitrogens with one attached hydrogen (secondary N) is 1. The zero-order valence-electron chi connectivity index (χ0n) is 40.5. The molecule has 19 heteroatoms. The summed E-state index contributed by atoms with van der Waals surface area (Å²) in [6.07, 6.45) is 9.20. The van der Waals surface area contributed by atoms with E-state index >= 15 is 0 Å². The average molecular weight is 988 g/mol. The van der Waals surface area contributed by atoms with Gasteiger partial charge in [0.15, 0.2) is 18.9 Å². The minimum atomic E-state index is -1.98. The molecule has 12 N–H and O–H groups in total. The minimum absolute atomic E-state index is 0.227. The Morgan fingerprint density at radius 1 is 0.536 bits per heavy atom. The number of ether oxygens (including phenoxy) is 6. The Kier molecular flexibility index (Phi) is 30.6. The molecule has 0 aromatic carbocycles. The molecule has 0 spiro atoms. The summed E-state index contributed by atoms with van der Waals surface area (Å²) in [5.74, 6) is -0.301. The van der Waals surface area contributed by atoms with E-state index in [9.17, 15) is 61.0 Å². The molecule has 0 aromatic rings. The van der Waals surface area contributed by atoms with Crippen molar-refractivity contribution in [3.63, 3.8) is 0 Å². The minimum Gasteiger partial charge on any atom is -0.394 e. The van der Waals surface area contributed by atoms with E-state index in [0.29, 0.717) is 12.8 Å². The zero-order chi connectivity index (χ0) is 50.6. The van der Waals surface area contributed by atoms with E-state index in [0.717, 1.165) is 64.2 Å². The first-order valence-corrected chi connectivity index (χ1v) is 25.0. The van der Waals surface area contributed by atoms with Crippen molar-refractivity contribution in [1.82, 2.24) is 5.32 Å². The molecule has 0 aromatic heterocycles. The van der Waals surface area contributed by atoms with Gasteiger partial charge >= 0.3 is 0 Å². The lowest BCUT2D eigenvalue weighted by molar-refractivity contribution is -0.379. The lowest BCUT2D eigenvalue weighted by atomic mass is 9.96. The molecular weight excluding hydrogens is 903 g/mol. The maximum Gasteiger partial charge on any atom is 0.220 e. The molecule has 3 rings (SSSR count). The van der Waals surface area contributed by atoms with Gasteiger partial charge in [0, 0.05) is 6.42 Å². The van der Waals surface area contributed by atoms with E-state index in [1.165, 1.54) is 25.3 Å². The van der Waals surface area contributed by atoms with E-state index in [1.54, 1.807) is 6.08 Å². The summed E-state index contributed by atoms with van der Waals surface area (Å²) in [5.41, 5.74) is 0. The highest BCUT2D eigenvalue weighted by Gasteiger charge is 2.53. The third-order valence-corrected chi connectivity index (χ3v) is 12.3. The molecule has 3 heterocycles. The Bertz CT molecular complexity index is 1510. The second-order valence-electron chi connectivity index (χ2n) is 17.9. The van der Waals surface area contributed by atoms with E-state index in [4.69, 9.17) is 28.4 Å². The number of aliphatic hydroxyl groups is 11. The number of carbonyl (C=O) groups is 1. The van der Waals surface area contributed by atoms with Gasteiger partial charge in [-0.15, -0.1) is 0 Å². The first-order chi connectivity index (χ1) is 33.3. The van der Waals surface area contributed by atoms with Crippen LogP contribution in [0.2, 0.25) is 0 Å². The molecule has 1 amide bonds. The molecule has 398 valence electrons. The van der Waals surface area contributed by atoms with Crippen molar-refractivity contribution in [3.8, 4) is 0 Å². The fourth-order valence-corrected chi connectivity index (χ4v) is 8.13. The summed E-state index contributed by atoms with van der Waals surface area (Å²) in [6.45, 7) is 1.31. The van der Waals surface area contributed by atoms with Crippen molar-refractivity contribution >= 4 is 5.91 Å². The fraction of sp³-hybridized carbons (Fsp3) is 0.780. The highest BCUT2D eigenvalue weighted by atomic mass is 16.8. The Morgan fingerprint density at radius 2 is 1.00 bits per heavy atom. The highest BCUT2D eigenvalue weighted by Crippen LogP contribution is 2.33. The third kappa shape index (κ3) is 20.9. The van der Waals surface area contributed by atoms with Crippen LogP contribution in [0.4, 0.5) is 0 Å². The molecular formula is C50H85NO18. The summed E-state index contributed by atoms with van der Waals surface area (Å²) in [5, 5.41) is 119.